The normalized spacial score (nSPS) is 12.0. The van der Waals surface area contributed by atoms with Crippen LogP contribution < -0.4 is 4.74 Å². The van der Waals surface area contributed by atoms with Gasteiger partial charge in [-0.3, -0.25) is 4.79 Å². The number of Topliss-reactive ketones (excluding diaryl/α,β-unsaturated/α-hetero) is 1. The molecule has 0 saturated heterocycles. The SMILES string of the molecule is Cc1cc(C(=O)C(C)Br)cc(C)c1OCc1ccccc1. The second-order valence-corrected chi connectivity index (χ2v) is 6.57. The molecule has 0 heterocycles. The Bertz CT molecular complexity index is 610. The van der Waals surface area contributed by atoms with Crippen LogP contribution in [0.15, 0.2) is 42.5 Å². The van der Waals surface area contributed by atoms with E-state index in [1.54, 1.807) is 0 Å². The van der Waals surface area contributed by atoms with Gasteiger partial charge in [0, 0.05) is 5.56 Å². The molecule has 0 N–H and O–H groups in total. The number of alkyl halides is 1. The molecule has 2 aromatic rings. The van der Waals surface area contributed by atoms with Crippen LogP contribution in [-0.4, -0.2) is 10.6 Å². The molecule has 0 spiro atoms. The molecule has 0 aliphatic heterocycles. The highest BCUT2D eigenvalue weighted by atomic mass is 79.9. The zero-order valence-electron chi connectivity index (χ0n) is 12.5. The summed E-state index contributed by atoms with van der Waals surface area (Å²) in [6, 6.07) is 13.8. The van der Waals surface area contributed by atoms with Gasteiger partial charge >= 0.3 is 0 Å². The van der Waals surface area contributed by atoms with Crippen LogP contribution in [0.4, 0.5) is 0 Å². The number of ketones is 1. The van der Waals surface area contributed by atoms with E-state index in [9.17, 15) is 4.79 Å². The lowest BCUT2D eigenvalue weighted by molar-refractivity contribution is 0.0995. The number of carbonyl (C=O) groups is 1. The van der Waals surface area contributed by atoms with Crippen LogP contribution in [0.25, 0.3) is 0 Å². The minimum Gasteiger partial charge on any atom is -0.488 e. The van der Waals surface area contributed by atoms with Gasteiger partial charge in [-0.1, -0.05) is 46.3 Å². The number of rotatable bonds is 5. The van der Waals surface area contributed by atoms with Gasteiger partial charge in [-0.2, -0.15) is 0 Å². The number of carbonyl (C=O) groups excluding carboxylic acids is 1. The van der Waals surface area contributed by atoms with E-state index in [1.165, 1.54) is 0 Å². The van der Waals surface area contributed by atoms with Gasteiger partial charge in [0.05, 0.1) is 4.83 Å². The summed E-state index contributed by atoms with van der Waals surface area (Å²) in [5, 5.41) is 0. The van der Waals surface area contributed by atoms with Crippen molar-refractivity contribution in [1.82, 2.24) is 0 Å². The summed E-state index contributed by atoms with van der Waals surface area (Å²) in [7, 11) is 0. The molecular weight excluding hydrogens is 328 g/mol. The lowest BCUT2D eigenvalue weighted by Crippen LogP contribution is -2.11. The van der Waals surface area contributed by atoms with Crippen molar-refractivity contribution >= 4 is 21.7 Å². The van der Waals surface area contributed by atoms with Gasteiger partial charge < -0.3 is 4.74 Å². The van der Waals surface area contributed by atoms with Crippen molar-refractivity contribution < 1.29 is 9.53 Å². The third-order valence-electron chi connectivity index (χ3n) is 3.33. The highest BCUT2D eigenvalue weighted by Gasteiger charge is 2.15. The minimum atomic E-state index is -0.174. The van der Waals surface area contributed by atoms with E-state index >= 15 is 0 Å². The Labute approximate surface area is 134 Å². The maximum Gasteiger partial charge on any atom is 0.176 e. The standard InChI is InChI=1S/C18H19BrO2/c1-12-9-16(17(20)14(3)19)10-13(2)18(12)21-11-15-7-5-4-6-8-15/h4-10,14H,11H2,1-3H3. The second-order valence-electron chi connectivity index (χ2n) is 5.19. The fraction of sp³-hybridized carbons (Fsp3) is 0.278. The third-order valence-corrected chi connectivity index (χ3v) is 3.75. The van der Waals surface area contributed by atoms with E-state index in [-0.39, 0.29) is 10.6 Å². The Morgan fingerprint density at radius 1 is 1.14 bits per heavy atom. The highest BCUT2D eigenvalue weighted by molar-refractivity contribution is 9.10. The summed E-state index contributed by atoms with van der Waals surface area (Å²) >= 11 is 3.32. The lowest BCUT2D eigenvalue weighted by Gasteiger charge is -2.14. The van der Waals surface area contributed by atoms with E-state index in [4.69, 9.17) is 4.74 Å². The Kier molecular flexibility index (Phi) is 5.18. The van der Waals surface area contributed by atoms with Crippen LogP contribution in [0.1, 0.15) is 34.0 Å². The zero-order chi connectivity index (χ0) is 15.4. The van der Waals surface area contributed by atoms with Crippen molar-refractivity contribution in [3.63, 3.8) is 0 Å². The van der Waals surface area contributed by atoms with Crippen LogP contribution >= 0.6 is 15.9 Å². The molecule has 1 atom stereocenters. The molecule has 2 nitrogen and oxygen atoms in total. The first-order chi connectivity index (χ1) is 9.99. The molecule has 110 valence electrons. The molecule has 0 aliphatic carbocycles. The molecule has 0 radical (unpaired) electrons. The number of hydrogen-bond donors (Lipinski definition) is 0. The van der Waals surface area contributed by atoms with Crippen molar-refractivity contribution in [3.8, 4) is 5.75 Å². The molecule has 21 heavy (non-hydrogen) atoms. The number of aryl methyl sites for hydroxylation is 2. The van der Waals surface area contributed by atoms with E-state index in [0.717, 1.165) is 28.0 Å². The Morgan fingerprint density at radius 3 is 2.24 bits per heavy atom. The van der Waals surface area contributed by atoms with Crippen LogP contribution in [0.5, 0.6) is 5.75 Å². The topological polar surface area (TPSA) is 26.3 Å². The first-order valence-electron chi connectivity index (χ1n) is 6.95. The van der Waals surface area contributed by atoms with Crippen LogP contribution in [-0.2, 0) is 6.61 Å². The quantitative estimate of drug-likeness (QED) is 0.571. The van der Waals surface area contributed by atoms with Gasteiger partial charge in [0.25, 0.3) is 0 Å². The van der Waals surface area contributed by atoms with Crippen LogP contribution in [0.2, 0.25) is 0 Å². The molecule has 0 aliphatic rings. The number of halogens is 1. The van der Waals surface area contributed by atoms with E-state index in [2.05, 4.69) is 15.9 Å². The minimum absolute atomic E-state index is 0.0933. The van der Waals surface area contributed by atoms with Gasteiger partial charge in [0.1, 0.15) is 12.4 Å². The summed E-state index contributed by atoms with van der Waals surface area (Å²) < 4.78 is 5.93. The lowest BCUT2D eigenvalue weighted by atomic mass is 10.0. The average molecular weight is 347 g/mol. The zero-order valence-corrected chi connectivity index (χ0v) is 14.1. The molecule has 3 heteroatoms. The van der Waals surface area contributed by atoms with E-state index in [1.807, 2.05) is 63.2 Å². The highest BCUT2D eigenvalue weighted by Crippen LogP contribution is 2.27. The predicted octanol–water partition coefficient (Wildman–Crippen LogP) is 4.85. The summed E-state index contributed by atoms with van der Waals surface area (Å²) in [6.07, 6.45) is 0. The number of hydrogen-bond acceptors (Lipinski definition) is 2. The maximum absolute atomic E-state index is 12.1. The molecular formula is C18H19BrO2. The molecule has 0 aromatic heterocycles. The summed E-state index contributed by atoms with van der Waals surface area (Å²) in [4.78, 5) is 11.9. The predicted molar refractivity (Wildman–Crippen MR) is 89.4 cm³/mol. The van der Waals surface area contributed by atoms with Crippen LogP contribution in [0, 0.1) is 13.8 Å². The first kappa shape index (κ1) is 15.8. The Balaban J connectivity index is 2.19. The third kappa shape index (κ3) is 3.94. The van der Waals surface area contributed by atoms with E-state index in [0.29, 0.717) is 6.61 Å². The fourth-order valence-corrected chi connectivity index (χ4v) is 2.54. The van der Waals surface area contributed by atoms with Gasteiger partial charge in [-0.25, -0.2) is 0 Å². The number of benzene rings is 2. The first-order valence-corrected chi connectivity index (χ1v) is 7.87. The van der Waals surface area contributed by atoms with Gasteiger partial charge in [0.15, 0.2) is 5.78 Å². The summed E-state index contributed by atoms with van der Waals surface area (Å²) in [5.74, 6) is 0.952. The monoisotopic (exact) mass is 346 g/mol. The van der Waals surface area contributed by atoms with Gasteiger partial charge in [0.2, 0.25) is 0 Å². The van der Waals surface area contributed by atoms with Gasteiger partial charge in [-0.05, 0) is 49.6 Å². The molecule has 0 saturated carbocycles. The fourth-order valence-electron chi connectivity index (χ4n) is 2.28. The average Bonchev–Trinajstić information content (AvgIpc) is 2.46. The second kappa shape index (κ2) is 6.90. The Morgan fingerprint density at radius 2 is 1.71 bits per heavy atom. The largest absolute Gasteiger partial charge is 0.488 e. The van der Waals surface area contributed by atoms with Crippen molar-refractivity contribution in [2.45, 2.75) is 32.2 Å². The summed E-state index contributed by atoms with van der Waals surface area (Å²) in [6.45, 7) is 6.32. The Hall–Kier alpha value is -1.61. The molecule has 0 bridgehead atoms. The van der Waals surface area contributed by atoms with Crippen molar-refractivity contribution in [1.29, 1.82) is 0 Å². The van der Waals surface area contributed by atoms with Crippen molar-refractivity contribution in [2.75, 3.05) is 0 Å². The van der Waals surface area contributed by atoms with Crippen molar-refractivity contribution in [3.05, 3.63) is 64.7 Å². The van der Waals surface area contributed by atoms with Crippen LogP contribution in [0.3, 0.4) is 0 Å². The smallest absolute Gasteiger partial charge is 0.176 e. The van der Waals surface area contributed by atoms with Gasteiger partial charge in [-0.15, -0.1) is 0 Å². The summed E-state index contributed by atoms with van der Waals surface area (Å²) in [5.41, 5.74) is 3.83. The maximum atomic E-state index is 12.1. The molecule has 2 rings (SSSR count). The number of ether oxygens (including phenoxy) is 1. The molecule has 2 aromatic carbocycles. The molecule has 0 fully saturated rings. The molecule has 0 amide bonds. The van der Waals surface area contributed by atoms with Crippen molar-refractivity contribution in [2.24, 2.45) is 0 Å². The van der Waals surface area contributed by atoms with E-state index < -0.39 is 0 Å². The molecule has 1 unspecified atom stereocenters.